The highest BCUT2D eigenvalue weighted by atomic mass is 19.1. The van der Waals surface area contributed by atoms with Crippen LogP contribution in [-0.4, -0.2) is 17.6 Å². The van der Waals surface area contributed by atoms with Gasteiger partial charge in [-0.1, -0.05) is 36.4 Å². The van der Waals surface area contributed by atoms with E-state index in [0.29, 0.717) is 5.56 Å². The Bertz CT molecular complexity index is 557. The van der Waals surface area contributed by atoms with Crippen LogP contribution in [0.4, 0.5) is 10.1 Å². The molecule has 0 heterocycles. The minimum absolute atomic E-state index is 0.168. The van der Waals surface area contributed by atoms with Crippen molar-refractivity contribution in [3.8, 4) is 0 Å². The number of aliphatic carboxylic acids is 1. The lowest BCUT2D eigenvalue weighted by molar-refractivity contribution is -0.135. The van der Waals surface area contributed by atoms with Gasteiger partial charge in [0.15, 0.2) is 0 Å². The van der Waals surface area contributed by atoms with Crippen LogP contribution in [0.15, 0.2) is 54.6 Å². The lowest BCUT2D eigenvalue weighted by Crippen LogP contribution is -2.29. The lowest BCUT2D eigenvalue weighted by Gasteiger charge is -2.23. The van der Waals surface area contributed by atoms with Crippen molar-refractivity contribution in [2.24, 2.45) is 0 Å². The quantitative estimate of drug-likeness (QED) is 0.897. The van der Waals surface area contributed by atoms with E-state index < -0.39 is 5.97 Å². The molecule has 98 valence electrons. The van der Waals surface area contributed by atoms with Gasteiger partial charge in [-0.2, -0.15) is 0 Å². The van der Waals surface area contributed by atoms with Crippen molar-refractivity contribution in [1.82, 2.24) is 0 Å². The average Bonchev–Trinajstić information content (AvgIpc) is 2.41. The van der Waals surface area contributed by atoms with Crippen LogP contribution >= 0.6 is 0 Å². The molecule has 0 atom stereocenters. The molecule has 0 saturated carbocycles. The largest absolute Gasteiger partial charge is 0.480 e. The van der Waals surface area contributed by atoms with Crippen molar-refractivity contribution in [1.29, 1.82) is 0 Å². The summed E-state index contributed by atoms with van der Waals surface area (Å²) in [6.07, 6.45) is 0. The molecular formula is C15H14FNO2. The molecule has 0 aliphatic carbocycles. The molecule has 4 heteroatoms. The van der Waals surface area contributed by atoms with E-state index in [2.05, 4.69) is 0 Å². The number of carbonyl (C=O) groups is 1. The van der Waals surface area contributed by atoms with Gasteiger partial charge in [0.2, 0.25) is 0 Å². The molecule has 1 N–H and O–H groups in total. The highest BCUT2D eigenvalue weighted by Gasteiger charge is 2.13. The van der Waals surface area contributed by atoms with E-state index in [1.807, 2.05) is 30.3 Å². The maximum atomic E-state index is 13.6. The number of halogens is 1. The van der Waals surface area contributed by atoms with Gasteiger partial charge < -0.3 is 10.0 Å². The molecule has 0 saturated heterocycles. The minimum atomic E-state index is -0.944. The third-order valence-electron chi connectivity index (χ3n) is 2.77. The number of rotatable bonds is 5. The molecular weight excluding hydrogens is 245 g/mol. The predicted molar refractivity (Wildman–Crippen MR) is 71.5 cm³/mol. The summed E-state index contributed by atoms with van der Waals surface area (Å²) in [5.41, 5.74) is 1.24. The Balaban J connectivity index is 2.24. The molecule has 3 nitrogen and oxygen atoms in total. The monoisotopic (exact) mass is 259 g/mol. The second kappa shape index (κ2) is 6.00. The molecule has 0 fully saturated rings. The summed E-state index contributed by atoms with van der Waals surface area (Å²) in [5, 5.41) is 8.96. The van der Waals surface area contributed by atoms with E-state index in [1.54, 1.807) is 23.1 Å². The number of nitrogens with zero attached hydrogens (tertiary/aromatic N) is 1. The molecule has 0 aliphatic rings. The zero-order valence-corrected chi connectivity index (χ0v) is 10.3. The fourth-order valence-electron chi connectivity index (χ4n) is 1.87. The first-order valence-corrected chi connectivity index (χ1v) is 5.92. The highest BCUT2D eigenvalue weighted by Crippen LogP contribution is 2.18. The van der Waals surface area contributed by atoms with Crippen LogP contribution in [0, 0.1) is 5.82 Å². The first kappa shape index (κ1) is 13.1. The summed E-state index contributed by atoms with van der Waals surface area (Å²) in [7, 11) is 0. The third-order valence-corrected chi connectivity index (χ3v) is 2.77. The number of hydrogen-bond donors (Lipinski definition) is 1. The molecule has 0 aliphatic heterocycles. The van der Waals surface area contributed by atoms with Gasteiger partial charge in [0.1, 0.15) is 12.4 Å². The van der Waals surface area contributed by atoms with Gasteiger partial charge in [-0.3, -0.25) is 4.79 Å². The molecule has 0 amide bonds. The first-order chi connectivity index (χ1) is 9.16. The van der Waals surface area contributed by atoms with E-state index in [-0.39, 0.29) is 18.9 Å². The Morgan fingerprint density at radius 3 is 2.32 bits per heavy atom. The van der Waals surface area contributed by atoms with Crippen LogP contribution in [0.25, 0.3) is 0 Å². The molecule has 19 heavy (non-hydrogen) atoms. The van der Waals surface area contributed by atoms with Gasteiger partial charge >= 0.3 is 5.97 Å². The zero-order valence-electron chi connectivity index (χ0n) is 10.3. The Labute approximate surface area is 110 Å². The number of benzene rings is 2. The van der Waals surface area contributed by atoms with Crippen LogP contribution in [0.1, 0.15) is 5.56 Å². The van der Waals surface area contributed by atoms with Crippen molar-refractivity contribution in [2.45, 2.75) is 6.54 Å². The predicted octanol–water partition coefficient (Wildman–Crippen LogP) is 2.92. The van der Waals surface area contributed by atoms with Crippen molar-refractivity contribution in [2.75, 3.05) is 11.4 Å². The Hall–Kier alpha value is -2.36. The highest BCUT2D eigenvalue weighted by molar-refractivity contribution is 5.73. The summed E-state index contributed by atoms with van der Waals surface area (Å²) in [6, 6.07) is 15.5. The molecule has 0 unspecified atom stereocenters. The number of carboxylic acids is 1. The van der Waals surface area contributed by atoms with Crippen LogP contribution in [-0.2, 0) is 11.3 Å². The van der Waals surface area contributed by atoms with E-state index in [4.69, 9.17) is 5.11 Å². The van der Waals surface area contributed by atoms with Crippen LogP contribution in [0.5, 0.6) is 0 Å². The maximum absolute atomic E-state index is 13.6. The van der Waals surface area contributed by atoms with E-state index in [0.717, 1.165) is 5.69 Å². The average molecular weight is 259 g/mol. The van der Waals surface area contributed by atoms with Gasteiger partial charge in [-0.25, -0.2) is 4.39 Å². The fraction of sp³-hybridized carbons (Fsp3) is 0.133. The van der Waals surface area contributed by atoms with E-state index >= 15 is 0 Å². The van der Waals surface area contributed by atoms with Crippen LogP contribution in [0.2, 0.25) is 0 Å². The number of carboxylic acid groups (broad SMARTS) is 1. The first-order valence-electron chi connectivity index (χ1n) is 5.92. The zero-order chi connectivity index (χ0) is 13.7. The van der Waals surface area contributed by atoms with Crippen molar-refractivity contribution in [3.63, 3.8) is 0 Å². The van der Waals surface area contributed by atoms with Gasteiger partial charge in [-0.15, -0.1) is 0 Å². The van der Waals surface area contributed by atoms with Crippen LogP contribution in [0.3, 0.4) is 0 Å². The summed E-state index contributed by atoms with van der Waals surface area (Å²) < 4.78 is 13.6. The SMILES string of the molecule is O=C(O)CN(Cc1ccccc1F)c1ccccc1. The molecule has 2 rings (SSSR count). The van der Waals surface area contributed by atoms with Crippen molar-refractivity contribution in [3.05, 3.63) is 66.0 Å². The summed E-state index contributed by atoms with van der Waals surface area (Å²) >= 11 is 0. The minimum Gasteiger partial charge on any atom is -0.480 e. The Morgan fingerprint density at radius 1 is 1.05 bits per heavy atom. The van der Waals surface area contributed by atoms with Gasteiger partial charge in [0.05, 0.1) is 0 Å². The number of hydrogen-bond acceptors (Lipinski definition) is 2. The Kier molecular flexibility index (Phi) is 4.13. The number of para-hydroxylation sites is 1. The number of anilines is 1. The summed E-state index contributed by atoms with van der Waals surface area (Å²) in [6.45, 7) is 0.0569. The maximum Gasteiger partial charge on any atom is 0.323 e. The second-order valence-electron chi connectivity index (χ2n) is 4.18. The lowest BCUT2D eigenvalue weighted by atomic mass is 10.2. The Morgan fingerprint density at radius 2 is 1.68 bits per heavy atom. The van der Waals surface area contributed by atoms with E-state index in [9.17, 15) is 9.18 Å². The molecule has 0 aromatic heterocycles. The van der Waals surface area contributed by atoms with Gasteiger partial charge in [0.25, 0.3) is 0 Å². The molecule has 2 aromatic rings. The molecule has 0 bridgehead atoms. The van der Waals surface area contributed by atoms with Gasteiger partial charge in [-0.05, 0) is 18.2 Å². The normalized spacial score (nSPS) is 10.2. The molecule has 0 spiro atoms. The summed E-state index contributed by atoms with van der Waals surface area (Å²) in [4.78, 5) is 12.5. The van der Waals surface area contributed by atoms with Crippen molar-refractivity contribution >= 4 is 11.7 Å². The second-order valence-corrected chi connectivity index (χ2v) is 4.18. The fourth-order valence-corrected chi connectivity index (χ4v) is 1.87. The third kappa shape index (κ3) is 3.55. The smallest absolute Gasteiger partial charge is 0.323 e. The molecule has 2 aromatic carbocycles. The topological polar surface area (TPSA) is 40.5 Å². The van der Waals surface area contributed by atoms with E-state index in [1.165, 1.54) is 6.07 Å². The van der Waals surface area contributed by atoms with Crippen LogP contribution < -0.4 is 4.90 Å². The summed E-state index contributed by atoms with van der Waals surface area (Å²) in [5.74, 6) is -1.27. The standard InChI is InChI=1S/C15H14FNO2/c16-14-9-5-4-6-12(14)10-17(11-15(18)19)13-7-2-1-3-8-13/h1-9H,10-11H2,(H,18,19). The van der Waals surface area contributed by atoms with Crippen molar-refractivity contribution < 1.29 is 14.3 Å². The molecule has 0 radical (unpaired) electrons. The van der Waals surface area contributed by atoms with Gasteiger partial charge in [0, 0.05) is 17.8 Å².